The lowest BCUT2D eigenvalue weighted by atomic mass is 10.1. The minimum Gasteiger partial charge on any atom is -0.477 e. The summed E-state index contributed by atoms with van der Waals surface area (Å²) >= 11 is 0. The van der Waals surface area contributed by atoms with Gasteiger partial charge in [-0.1, -0.05) is 96.6 Å². The van der Waals surface area contributed by atoms with Crippen molar-refractivity contribution in [2.24, 2.45) is 0 Å². The van der Waals surface area contributed by atoms with Crippen molar-refractivity contribution in [2.75, 3.05) is 47.5 Å². The Balaban J connectivity index is 4.60. The Morgan fingerprint density at radius 3 is 1.73 bits per heavy atom. The summed E-state index contributed by atoms with van der Waals surface area (Å²) in [6, 6.07) is 0. The zero-order valence-corrected chi connectivity index (χ0v) is 28.8. The van der Waals surface area contributed by atoms with Gasteiger partial charge in [0.15, 0.2) is 6.10 Å². The summed E-state index contributed by atoms with van der Waals surface area (Å²) in [5.41, 5.74) is 0. The summed E-state index contributed by atoms with van der Waals surface area (Å²) in [4.78, 5) is 36.6. The second-order valence-corrected chi connectivity index (χ2v) is 12.8. The summed E-state index contributed by atoms with van der Waals surface area (Å²) in [5.74, 6) is -2.03. The van der Waals surface area contributed by atoms with Crippen LogP contribution in [0.25, 0.3) is 0 Å². The molecule has 0 heterocycles. The highest BCUT2D eigenvalue weighted by atomic mass is 16.7. The molecular weight excluding hydrogens is 562 g/mol. The van der Waals surface area contributed by atoms with Gasteiger partial charge in [-0.15, -0.1) is 0 Å². The molecule has 0 spiro atoms. The number of aliphatic carboxylic acids is 1. The number of unbranched alkanes of at least 4 members (excludes halogenated alkanes) is 14. The standard InChI is InChI=1S/C35H65NO8/c1-6-8-10-12-14-15-16-17-18-20-22-24-26-33(38)44-31(29-42-32(37)25-23-21-19-13-11-9-7-2)30-43-35(34(39)40)41-28-27-36(3,4)5/h14-15,31,35H,6-13,16-30H2,1-5H3/p+1/b15-14-. The van der Waals surface area contributed by atoms with Crippen molar-refractivity contribution in [3.8, 4) is 0 Å². The summed E-state index contributed by atoms with van der Waals surface area (Å²) in [6.45, 7) is 4.76. The zero-order chi connectivity index (χ0) is 32.9. The summed E-state index contributed by atoms with van der Waals surface area (Å²) in [5, 5.41) is 9.53. The Kier molecular flexibility index (Phi) is 27.2. The highest BCUT2D eigenvalue weighted by Gasteiger charge is 2.25. The van der Waals surface area contributed by atoms with Crippen LogP contribution in [0.2, 0.25) is 0 Å². The number of hydrogen-bond donors (Lipinski definition) is 1. The fourth-order valence-electron chi connectivity index (χ4n) is 4.47. The first-order chi connectivity index (χ1) is 21.1. The number of carbonyl (C=O) groups excluding carboxylic acids is 2. The molecule has 0 bridgehead atoms. The third-order valence-electron chi connectivity index (χ3n) is 7.27. The zero-order valence-electron chi connectivity index (χ0n) is 28.8. The molecule has 0 radical (unpaired) electrons. The number of hydrogen-bond acceptors (Lipinski definition) is 7. The van der Waals surface area contributed by atoms with Crippen molar-refractivity contribution in [1.82, 2.24) is 0 Å². The van der Waals surface area contributed by atoms with E-state index in [-0.39, 0.29) is 32.2 Å². The van der Waals surface area contributed by atoms with Gasteiger partial charge >= 0.3 is 17.9 Å². The molecule has 0 aliphatic carbocycles. The molecule has 9 nitrogen and oxygen atoms in total. The largest absolute Gasteiger partial charge is 0.477 e. The molecular formula is C35H66NO8+. The van der Waals surface area contributed by atoms with Crippen LogP contribution in [-0.2, 0) is 33.3 Å². The molecule has 0 aromatic carbocycles. The lowest BCUT2D eigenvalue weighted by Gasteiger charge is -2.25. The van der Waals surface area contributed by atoms with Gasteiger partial charge in [-0.05, 0) is 38.5 Å². The number of rotatable bonds is 31. The Hall–Kier alpha value is -1.97. The highest BCUT2D eigenvalue weighted by molar-refractivity contribution is 5.71. The van der Waals surface area contributed by atoms with Crippen LogP contribution in [-0.4, -0.2) is 87.4 Å². The van der Waals surface area contributed by atoms with Crippen molar-refractivity contribution < 1.29 is 42.9 Å². The first-order valence-electron chi connectivity index (χ1n) is 17.4. The first-order valence-corrected chi connectivity index (χ1v) is 17.4. The van der Waals surface area contributed by atoms with Crippen molar-refractivity contribution in [3.63, 3.8) is 0 Å². The van der Waals surface area contributed by atoms with E-state index in [0.717, 1.165) is 51.4 Å². The summed E-state index contributed by atoms with van der Waals surface area (Å²) < 4.78 is 22.5. The number of quaternary nitrogens is 1. The van der Waals surface area contributed by atoms with E-state index in [4.69, 9.17) is 18.9 Å². The van der Waals surface area contributed by atoms with Crippen molar-refractivity contribution in [2.45, 2.75) is 148 Å². The van der Waals surface area contributed by atoms with Gasteiger partial charge in [-0.3, -0.25) is 9.59 Å². The molecule has 9 heteroatoms. The molecule has 0 aliphatic heterocycles. The van der Waals surface area contributed by atoms with Crippen LogP contribution in [0.1, 0.15) is 136 Å². The van der Waals surface area contributed by atoms with E-state index in [1.54, 1.807) is 0 Å². The van der Waals surface area contributed by atoms with Crippen LogP contribution >= 0.6 is 0 Å². The molecule has 2 unspecified atom stereocenters. The van der Waals surface area contributed by atoms with Gasteiger partial charge in [0.05, 0.1) is 34.4 Å². The number of carboxylic acid groups (broad SMARTS) is 1. The molecule has 0 rings (SSSR count). The van der Waals surface area contributed by atoms with Gasteiger partial charge in [0, 0.05) is 12.8 Å². The second-order valence-electron chi connectivity index (χ2n) is 12.8. The van der Waals surface area contributed by atoms with E-state index in [1.807, 2.05) is 21.1 Å². The maximum Gasteiger partial charge on any atom is 0.361 e. The number of carboxylic acids is 1. The van der Waals surface area contributed by atoms with Crippen LogP contribution in [0.15, 0.2) is 12.2 Å². The normalized spacial score (nSPS) is 13.2. The second kappa shape index (κ2) is 28.5. The van der Waals surface area contributed by atoms with E-state index in [1.165, 1.54) is 51.4 Å². The Bertz CT molecular complexity index is 750. The monoisotopic (exact) mass is 628 g/mol. The smallest absolute Gasteiger partial charge is 0.361 e. The minimum atomic E-state index is -1.50. The molecule has 258 valence electrons. The predicted molar refractivity (Wildman–Crippen MR) is 175 cm³/mol. The van der Waals surface area contributed by atoms with E-state index < -0.39 is 24.3 Å². The molecule has 0 amide bonds. The number of likely N-dealkylation sites (N-methyl/N-ethyl adjacent to an activating group) is 1. The third kappa shape index (κ3) is 28.8. The quantitative estimate of drug-likeness (QED) is 0.0275. The van der Waals surface area contributed by atoms with Gasteiger partial charge in [-0.2, -0.15) is 0 Å². The summed E-state index contributed by atoms with van der Waals surface area (Å²) in [6.07, 6.45) is 21.4. The maximum atomic E-state index is 12.6. The topological polar surface area (TPSA) is 108 Å². The lowest BCUT2D eigenvalue weighted by molar-refractivity contribution is -0.870. The van der Waals surface area contributed by atoms with E-state index >= 15 is 0 Å². The van der Waals surface area contributed by atoms with Crippen LogP contribution in [0.4, 0.5) is 0 Å². The molecule has 0 aromatic heterocycles. The fourth-order valence-corrected chi connectivity index (χ4v) is 4.47. The van der Waals surface area contributed by atoms with Crippen LogP contribution in [0.5, 0.6) is 0 Å². The first kappa shape index (κ1) is 42.0. The molecule has 0 aromatic rings. The number of nitrogens with zero attached hydrogens (tertiary/aromatic N) is 1. The Morgan fingerprint density at radius 2 is 1.16 bits per heavy atom. The molecule has 0 saturated heterocycles. The third-order valence-corrected chi connectivity index (χ3v) is 7.27. The number of allylic oxidation sites excluding steroid dienone is 2. The van der Waals surface area contributed by atoms with Crippen LogP contribution in [0, 0.1) is 0 Å². The molecule has 0 fully saturated rings. The van der Waals surface area contributed by atoms with Crippen LogP contribution < -0.4 is 0 Å². The number of carbonyl (C=O) groups is 3. The van der Waals surface area contributed by atoms with Gasteiger partial charge in [0.1, 0.15) is 13.2 Å². The Morgan fingerprint density at radius 1 is 0.659 bits per heavy atom. The molecule has 0 saturated carbocycles. The van der Waals surface area contributed by atoms with E-state index in [9.17, 15) is 19.5 Å². The predicted octanol–water partition coefficient (Wildman–Crippen LogP) is 7.60. The average Bonchev–Trinajstić information content (AvgIpc) is 2.96. The lowest BCUT2D eigenvalue weighted by Crippen LogP contribution is -2.40. The van der Waals surface area contributed by atoms with E-state index in [0.29, 0.717) is 23.9 Å². The van der Waals surface area contributed by atoms with Crippen molar-refractivity contribution in [3.05, 3.63) is 12.2 Å². The Labute approximate surface area is 268 Å². The maximum absolute atomic E-state index is 12.6. The van der Waals surface area contributed by atoms with Gasteiger partial charge in [0.25, 0.3) is 6.29 Å². The van der Waals surface area contributed by atoms with Gasteiger partial charge in [-0.25, -0.2) is 4.79 Å². The summed E-state index contributed by atoms with van der Waals surface area (Å²) in [7, 11) is 5.93. The average molecular weight is 629 g/mol. The minimum absolute atomic E-state index is 0.182. The molecule has 0 aliphatic rings. The molecule has 44 heavy (non-hydrogen) atoms. The molecule has 1 N–H and O–H groups in total. The number of ether oxygens (including phenoxy) is 4. The van der Waals surface area contributed by atoms with Crippen LogP contribution in [0.3, 0.4) is 0 Å². The highest BCUT2D eigenvalue weighted by Crippen LogP contribution is 2.12. The van der Waals surface area contributed by atoms with Crippen molar-refractivity contribution >= 4 is 17.9 Å². The fraction of sp³-hybridized carbons (Fsp3) is 0.857. The number of esters is 2. The SMILES string of the molecule is CCCCC/C=C\CCCCCCCC(=O)OC(COC(=O)CCCCCCCCC)COC(OCC[N+](C)(C)C)C(=O)O. The molecule has 2 atom stereocenters. The van der Waals surface area contributed by atoms with Crippen molar-refractivity contribution in [1.29, 1.82) is 0 Å². The van der Waals surface area contributed by atoms with E-state index in [2.05, 4.69) is 26.0 Å². The van der Waals surface area contributed by atoms with Gasteiger partial charge < -0.3 is 28.5 Å². The van der Waals surface area contributed by atoms with Gasteiger partial charge in [0.2, 0.25) is 0 Å².